The van der Waals surface area contributed by atoms with Gasteiger partial charge < -0.3 is 10.0 Å². The first-order chi connectivity index (χ1) is 9.03. The third-order valence-electron chi connectivity index (χ3n) is 4.61. The van der Waals surface area contributed by atoms with Crippen molar-refractivity contribution in [3.63, 3.8) is 0 Å². The fourth-order valence-corrected chi connectivity index (χ4v) is 3.52. The van der Waals surface area contributed by atoms with E-state index < -0.39 is 5.60 Å². The van der Waals surface area contributed by atoms with E-state index in [9.17, 15) is 5.11 Å². The normalized spacial score (nSPS) is 23.3. The van der Waals surface area contributed by atoms with E-state index in [-0.39, 0.29) is 0 Å². The predicted octanol–water partition coefficient (Wildman–Crippen LogP) is 3.55. The minimum absolute atomic E-state index is 0.483. The molecule has 1 aromatic carbocycles. The molecule has 1 fully saturated rings. The maximum atomic E-state index is 10.1. The van der Waals surface area contributed by atoms with Crippen LogP contribution in [0.4, 0.5) is 5.69 Å². The molecule has 0 bridgehead atoms. The SMILES string of the molecule is CC(C)(O)CC1CN(CC2CCC2)c2ccccc21. The number of aliphatic hydroxyl groups is 1. The number of nitrogens with zero attached hydrogens (tertiary/aromatic N) is 1. The summed E-state index contributed by atoms with van der Waals surface area (Å²) in [6.45, 7) is 6.13. The van der Waals surface area contributed by atoms with Crippen molar-refractivity contribution in [2.45, 2.75) is 51.0 Å². The van der Waals surface area contributed by atoms with Crippen LogP contribution < -0.4 is 4.90 Å². The second kappa shape index (κ2) is 4.82. The molecule has 1 heterocycles. The first-order valence-corrected chi connectivity index (χ1v) is 7.59. The molecule has 1 atom stereocenters. The average Bonchev–Trinajstić information content (AvgIpc) is 2.61. The van der Waals surface area contributed by atoms with Crippen molar-refractivity contribution in [3.05, 3.63) is 29.8 Å². The summed E-state index contributed by atoms with van der Waals surface area (Å²) in [5.74, 6) is 1.38. The van der Waals surface area contributed by atoms with Crippen molar-refractivity contribution in [3.8, 4) is 0 Å². The van der Waals surface area contributed by atoms with E-state index in [2.05, 4.69) is 29.2 Å². The minimum Gasteiger partial charge on any atom is -0.390 e. The van der Waals surface area contributed by atoms with Crippen molar-refractivity contribution < 1.29 is 5.11 Å². The zero-order valence-electron chi connectivity index (χ0n) is 12.1. The molecular weight excluding hydrogens is 234 g/mol. The van der Waals surface area contributed by atoms with Crippen molar-refractivity contribution >= 4 is 5.69 Å². The van der Waals surface area contributed by atoms with Gasteiger partial charge in [0.05, 0.1) is 5.60 Å². The Balaban J connectivity index is 1.78. The van der Waals surface area contributed by atoms with E-state index in [4.69, 9.17) is 0 Å². The lowest BCUT2D eigenvalue weighted by molar-refractivity contribution is 0.0643. The van der Waals surface area contributed by atoms with Gasteiger partial charge in [0.15, 0.2) is 0 Å². The summed E-state index contributed by atoms with van der Waals surface area (Å²) >= 11 is 0. The summed E-state index contributed by atoms with van der Waals surface area (Å²) in [4.78, 5) is 2.55. The van der Waals surface area contributed by atoms with Gasteiger partial charge in [0, 0.05) is 24.7 Å². The molecule has 1 saturated carbocycles. The van der Waals surface area contributed by atoms with Crippen molar-refractivity contribution in [2.24, 2.45) is 5.92 Å². The Morgan fingerprint density at radius 2 is 2.00 bits per heavy atom. The van der Waals surface area contributed by atoms with Gasteiger partial charge in [0.2, 0.25) is 0 Å². The molecule has 0 spiro atoms. The highest BCUT2D eigenvalue weighted by Gasteiger charge is 2.33. The molecule has 1 aromatic rings. The van der Waals surface area contributed by atoms with Gasteiger partial charge in [0.1, 0.15) is 0 Å². The van der Waals surface area contributed by atoms with E-state index in [0.29, 0.717) is 5.92 Å². The van der Waals surface area contributed by atoms with E-state index >= 15 is 0 Å². The van der Waals surface area contributed by atoms with Crippen molar-refractivity contribution in [2.75, 3.05) is 18.0 Å². The number of rotatable bonds is 4. The lowest BCUT2D eigenvalue weighted by atomic mass is 9.85. The minimum atomic E-state index is -0.579. The lowest BCUT2D eigenvalue weighted by Crippen LogP contribution is -2.32. The zero-order chi connectivity index (χ0) is 13.5. The third kappa shape index (κ3) is 2.79. The first kappa shape index (κ1) is 13.0. The van der Waals surface area contributed by atoms with Gasteiger partial charge in [-0.25, -0.2) is 0 Å². The zero-order valence-corrected chi connectivity index (χ0v) is 12.1. The van der Waals surface area contributed by atoms with Crippen molar-refractivity contribution in [1.82, 2.24) is 0 Å². The van der Waals surface area contributed by atoms with Crippen LogP contribution in [-0.2, 0) is 0 Å². The summed E-state index contributed by atoms with van der Waals surface area (Å²) in [5, 5.41) is 10.1. The molecule has 0 radical (unpaired) electrons. The number of hydrogen-bond donors (Lipinski definition) is 1. The van der Waals surface area contributed by atoms with Crippen LogP contribution in [0.15, 0.2) is 24.3 Å². The van der Waals surface area contributed by atoms with E-state index in [1.54, 1.807) is 0 Å². The highest BCUT2D eigenvalue weighted by atomic mass is 16.3. The van der Waals surface area contributed by atoms with Crippen LogP contribution in [0.5, 0.6) is 0 Å². The van der Waals surface area contributed by atoms with Crippen LogP contribution in [0.2, 0.25) is 0 Å². The molecule has 0 aromatic heterocycles. The quantitative estimate of drug-likeness (QED) is 0.894. The highest BCUT2D eigenvalue weighted by Crippen LogP contribution is 2.41. The van der Waals surface area contributed by atoms with E-state index in [1.165, 1.54) is 37.1 Å². The van der Waals surface area contributed by atoms with Gasteiger partial charge in [0.25, 0.3) is 0 Å². The Morgan fingerprint density at radius 3 is 2.63 bits per heavy atom. The molecule has 0 saturated heterocycles. The molecule has 2 nitrogen and oxygen atoms in total. The smallest absolute Gasteiger partial charge is 0.0598 e. The summed E-state index contributed by atoms with van der Waals surface area (Å²) in [6, 6.07) is 8.76. The van der Waals surface area contributed by atoms with Gasteiger partial charge in [-0.2, -0.15) is 0 Å². The van der Waals surface area contributed by atoms with Gasteiger partial charge in [-0.1, -0.05) is 24.6 Å². The van der Waals surface area contributed by atoms with Crippen LogP contribution in [0.25, 0.3) is 0 Å². The Morgan fingerprint density at radius 1 is 1.26 bits per heavy atom. The summed E-state index contributed by atoms with van der Waals surface area (Å²) in [5.41, 5.74) is 2.26. The number of anilines is 1. The molecule has 19 heavy (non-hydrogen) atoms. The number of hydrogen-bond acceptors (Lipinski definition) is 2. The number of para-hydroxylation sites is 1. The summed E-state index contributed by atoms with van der Waals surface area (Å²) in [7, 11) is 0. The summed E-state index contributed by atoms with van der Waals surface area (Å²) < 4.78 is 0. The maximum Gasteiger partial charge on any atom is 0.0598 e. The predicted molar refractivity (Wildman–Crippen MR) is 79.7 cm³/mol. The largest absolute Gasteiger partial charge is 0.390 e. The van der Waals surface area contributed by atoms with Crippen LogP contribution in [0.3, 0.4) is 0 Å². The molecule has 0 amide bonds. The average molecular weight is 259 g/mol. The highest BCUT2D eigenvalue weighted by molar-refractivity contribution is 5.60. The first-order valence-electron chi connectivity index (χ1n) is 7.59. The van der Waals surface area contributed by atoms with Gasteiger partial charge in [-0.3, -0.25) is 0 Å². The van der Waals surface area contributed by atoms with Gasteiger partial charge >= 0.3 is 0 Å². The van der Waals surface area contributed by atoms with Crippen LogP contribution in [0.1, 0.15) is 51.0 Å². The Hall–Kier alpha value is -1.02. The Bertz CT molecular complexity index is 445. The topological polar surface area (TPSA) is 23.5 Å². The van der Waals surface area contributed by atoms with Gasteiger partial charge in [-0.15, -0.1) is 0 Å². The monoisotopic (exact) mass is 259 g/mol. The van der Waals surface area contributed by atoms with E-state index in [0.717, 1.165) is 18.9 Å². The van der Waals surface area contributed by atoms with E-state index in [1.807, 2.05) is 13.8 Å². The molecule has 2 heteroatoms. The molecule has 1 aliphatic heterocycles. The second-order valence-electron chi connectivity index (χ2n) is 6.97. The molecule has 1 unspecified atom stereocenters. The van der Waals surface area contributed by atoms with Gasteiger partial charge in [-0.05, 0) is 50.7 Å². The standard InChI is InChI=1S/C17H25NO/c1-17(2,19)10-14-12-18(11-13-6-5-7-13)16-9-4-3-8-15(14)16/h3-4,8-9,13-14,19H,5-7,10-12H2,1-2H3. The molecule has 104 valence electrons. The number of benzene rings is 1. The molecule has 2 aliphatic rings. The summed E-state index contributed by atoms with van der Waals surface area (Å²) in [6.07, 6.45) is 5.06. The molecular formula is C17H25NO. The maximum absolute atomic E-state index is 10.1. The van der Waals surface area contributed by atoms with Crippen LogP contribution in [0, 0.1) is 5.92 Å². The van der Waals surface area contributed by atoms with Crippen LogP contribution >= 0.6 is 0 Å². The van der Waals surface area contributed by atoms with Crippen LogP contribution in [-0.4, -0.2) is 23.8 Å². The fourth-order valence-electron chi connectivity index (χ4n) is 3.52. The molecule has 1 aliphatic carbocycles. The van der Waals surface area contributed by atoms with Crippen molar-refractivity contribution in [1.29, 1.82) is 0 Å². The lowest BCUT2D eigenvalue weighted by Gasteiger charge is -2.32. The third-order valence-corrected chi connectivity index (χ3v) is 4.61. The molecule has 3 rings (SSSR count). The molecule has 1 N–H and O–H groups in total. The fraction of sp³-hybridized carbons (Fsp3) is 0.647. The Labute approximate surface area is 116 Å². The second-order valence-corrected chi connectivity index (χ2v) is 6.97. The number of fused-ring (bicyclic) bond motifs is 1. The Kier molecular flexibility index (Phi) is 3.30.